The molecule has 0 aromatic carbocycles. The molecule has 0 radical (unpaired) electrons. The van der Waals surface area contributed by atoms with Gasteiger partial charge in [0.05, 0.1) is 18.1 Å². The summed E-state index contributed by atoms with van der Waals surface area (Å²) >= 11 is 5.60. The van der Waals surface area contributed by atoms with E-state index < -0.39 is 0 Å². The zero-order valence-electron chi connectivity index (χ0n) is 7.22. The molecule has 2 N–H and O–H groups in total. The van der Waals surface area contributed by atoms with E-state index in [0.717, 1.165) is 11.0 Å². The predicted molar refractivity (Wildman–Crippen MR) is 57.7 cm³/mol. The van der Waals surface area contributed by atoms with Gasteiger partial charge in [0, 0.05) is 5.88 Å². The second kappa shape index (κ2) is 4.43. The molecule has 0 aliphatic rings. The van der Waals surface area contributed by atoms with E-state index in [0.29, 0.717) is 18.2 Å². The van der Waals surface area contributed by atoms with Gasteiger partial charge in [0.15, 0.2) is 5.65 Å². The molecule has 0 saturated heterocycles. The fraction of sp³-hybridized carbons (Fsp3) is 0.286. The van der Waals surface area contributed by atoms with Crippen molar-refractivity contribution < 1.29 is 0 Å². The summed E-state index contributed by atoms with van der Waals surface area (Å²) < 4.78 is 1.71. The van der Waals surface area contributed by atoms with Crippen LogP contribution in [0.15, 0.2) is 12.5 Å². The molecule has 2 aromatic rings. The number of nitrogens with zero attached hydrogens (tertiary/aromatic N) is 4. The second-order valence-corrected chi connectivity index (χ2v) is 2.93. The topological polar surface area (TPSA) is 69.6 Å². The van der Waals surface area contributed by atoms with Crippen LogP contribution in [0.1, 0.15) is 0 Å². The molecule has 0 atom stereocenters. The number of nitrogen functional groups attached to an aromatic ring is 1. The van der Waals surface area contributed by atoms with E-state index in [1.807, 2.05) is 0 Å². The highest BCUT2D eigenvalue weighted by Crippen LogP contribution is 2.14. The normalized spacial score (nSPS) is 10.1. The van der Waals surface area contributed by atoms with Gasteiger partial charge in [-0.05, 0) is 0 Å². The molecule has 0 unspecified atom stereocenters. The lowest BCUT2D eigenvalue weighted by Gasteiger charge is -1.98. The van der Waals surface area contributed by atoms with Gasteiger partial charge in [0.25, 0.3) is 0 Å². The highest BCUT2D eigenvalue weighted by atomic mass is 35.5. The third-order valence-electron chi connectivity index (χ3n) is 1.76. The van der Waals surface area contributed by atoms with Gasteiger partial charge >= 0.3 is 0 Å². The Morgan fingerprint density at radius 1 is 1.43 bits per heavy atom. The first-order valence-corrected chi connectivity index (χ1v) is 4.34. The van der Waals surface area contributed by atoms with Gasteiger partial charge in [0.2, 0.25) is 0 Å². The molecular weight excluding hydrogens is 225 g/mol. The minimum absolute atomic E-state index is 0. The molecule has 2 aromatic heterocycles. The Morgan fingerprint density at radius 2 is 2.21 bits per heavy atom. The van der Waals surface area contributed by atoms with Crippen molar-refractivity contribution in [2.75, 3.05) is 11.6 Å². The molecule has 2 rings (SSSR count). The van der Waals surface area contributed by atoms with Crippen LogP contribution in [0.4, 0.5) is 5.82 Å². The van der Waals surface area contributed by atoms with Gasteiger partial charge in [-0.3, -0.25) is 0 Å². The molecule has 0 aliphatic heterocycles. The molecule has 0 bridgehead atoms. The van der Waals surface area contributed by atoms with E-state index in [1.54, 1.807) is 10.9 Å². The van der Waals surface area contributed by atoms with Crippen molar-refractivity contribution in [1.82, 2.24) is 19.7 Å². The molecule has 5 nitrogen and oxygen atoms in total. The van der Waals surface area contributed by atoms with E-state index in [2.05, 4.69) is 15.1 Å². The third-order valence-corrected chi connectivity index (χ3v) is 1.93. The van der Waals surface area contributed by atoms with Crippen LogP contribution in [-0.4, -0.2) is 25.6 Å². The van der Waals surface area contributed by atoms with Crippen molar-refractivity contribution in [3.05, 3.63) is 12.5 Å². The number of aryl methyl sites for hydroxylation is 1. The number of rotatable bonds is 2. The third kappa shape index (κ3) is 1.73. The molecule has 0 spiro atoms. The Labute approximate surface area is 91.7 Å². The number of hydrogen-bond donors (Lipinski definition) is 1. The fourth-order valence-electron chi connectivity index (χ4n) is 1.15. The Hall–Kier alpha value is -1.07. The molecule has 2 heterocycles. The number of halogens is 2. The van der Waals surface area contributed by atoms with Crippen LogP contribution < -0.4 is 5.73 Å². The van der Waals surface area contributed by atoms with Gasteiger partial charge in [-0.1, -0.05) is 0 Å². The summed E-state index contributed by atoms with van der Waals surface area (Å²) in [4.78, 5) is 7.93. The van der Waals surface area contributed by atoms with E-state index >= 15 is 0 Å². The molecule has 0 saturated carbocycles. The Bertz CT molecular complexity index is 427. The summed E-state index contributed by atoms with van der Waals surface area (Å²) in [6, 6.07) is 0. The van der Waals surface area contributed by atoms with Gasteiger partial charge in [-0.15, -0.1) is 24.0 Å². The van der Waals surface area contributed by atoms with Crippen LogP contribution in [-0.2, 0) is 6.54 Å². The minimum Gasteiger partial charge on any atom is -0.383 e. The number of aromatic nitrogens is 4. The minimum atomic E-state index is 0. The van der Waals surface area contributed by atoms with Gasteiger partial charge in [-0.2, -0.15) is 5.10 Å². The number of anilines is 1. The Morgan fingerprint density at radius 3 is 2.93 bits per heavy atom. The average molecular weight is 234 g/mol. The largest absolute Gasteiger partial charge is 0.383 e. The predicted octanol–water partition coefficient (Wildman–Crippen LogP) is 1.07. The lowest BCUT2D eigenvalue weighted by molar-refractivity contribution is 0.680. The first kappa shape index (κ1) is 11.0. The van der Waals surface area contributed by atoms with E-state index in [-0.39, 0.29) is 12.4 Å². The maximum atomic E-state index is 5.63. The first-order valence-electron chi connectivity index (χ1n) is 3.81. The van der Waals surface area contributed by atoms with Crippen LogP contribution in [0.25, 0.3) is 11.0 Å². The summed E-state index contributed by atoms with van der Waals surface area (Å²) in [5, 5.41) is 4.87. The van der Waals surface area contributed by atoms with Gasteiger partial charge < -0.3 is 5.73 Å². The zero-order chi connectivity index (χ0) is 9.26. The standard InChI is InChI=1S/C7H8ClN5.ClH/c8-1-2-13-7-5(3-12-13)6(9)10-4-11-7;/h3-4H,1-2H2,(H2,9,10,11);1H. The van der Waals surface area contributed by atoms with E-state index in [9.17, 15) is 0 Å². The fourth-order valence-corrected chi connectivity index (χ4v) is 1.31. The SMILES string of the molecule is Cl.Nc1ncnc2c1cnn2CCCl. The van der Waals surface area contributed by atoms with Crippen molar-refractivity contribution >= 4 is 40.9 Å². The van der Waals surface area contributed by atoms with Crippen LogP contribution in [0.2, 0.25) is 0 Å². The molecule has 14 heavy (non-hydrogen) atoms. The molecule has 0 amide bonds. The maximum absolute atomic E-state index is 5.63. The van der Waals surface area contributed by atoms with Crippen molar-refractivity contribution in [2.24, 2.45) is 0 Å². The molecular formula is C7H9Cl2N5. The second-order valence-electron chi connectivity index (χ2n) is 2.55. The summed E-state index contributed by atoms with van der Waals surface area (Å²) in [5.74, 6) is 0.951. The van der Waals surface area contributed by atoms with Crippen molar-refractivity contribution in [3.63, 3.8) is 0 Å². The number of nitrogens with two attached hydrogens (primary N) is 1. The first-order chi connectivity index (χ1) is 6.33. The highest BCUT2D eigenvalue weighted by Gasteiger charge is 2.05. The maximum Gasteiger partial charge on any atom is 0.163 e. The Kier molecular flexibility index (Phi) is 3.49. The average Bonchev–Trinajstić information content (AvgIpc) is 2.51. The molecule has 0 aliphatic carbocycles. The quantitative estimate of drug-likeness (QED) is 0.789. The van der Waals surface area contributed by atoms with Crippen molar-refractivity contribution in [3.8, 4) is 0 Å². The van der Waals surface area contributed by atoms with Crippen LogP contribution in [0.5, 0.6) is 0 Å². The van der Waals surface area contributed by atoms with E-state index in [4.69, 9.17) is 17.3 Å². The lowest BCUT2D eigenvalue weighted by Crippen LogP contribution is -2.02. The van der Waals surface area contributed by atoms with Crippen molar-refractivity contribution in [2.45, 2.75) is 6.54 Å². The summed E-state index contributed by atoms with van der Waals surface area (Å²) in [6.45, 7) is 0.626. The van der Waals surface area contributed by atoms with Crippen molar-refractivity contribution in [1.29, 1.82) is 0 Å². The number of alkyl halides is 1. The van der Waals surface area contributed by atoms with Crippen LogP contribution >= 0.6 is 24.0 Å². The smallest absolute Gasteiger partial charge is 0.163 e. The van der Waals surface area contributed by atoms with Gasteiger partial charge in [0.1, 0.15) is 12.1 Å². The summed E-state index contributed by atoms with van der Waals surface area (Å²) in [7, 11) is 0. The Balaban J connectivity index is 0.000000980. The lowest BCUT2D eigenvalue weighted by atomic mass is 10.4. The van der Waals surface area contributed by atoms with Gasteiger partial charge in [-0.25, -0.2) is 14.6 Å². The number of hydrogen-bond acceptors (Lipinski definition) is 4. The van der Waals surface area contributed by atoms with Crippen LogP contribution in [0.3, 0.4) is 0 Å². The zero-order valence-corrected chi connectivity index (χ0v) is 8.79. The molecule has 7 heteroatoms. The number of fused-ring (bicyclic) bond motifs is 1. The molecule has 76 valence electrons. The monoisotopic (exact) mass is 233 g/mol. The summed E-state index contributed by atoms with van der Waals surface area (Å²) in [5.41, 5.74) is 6.36. The van der Waals surface area contributed by atoms with E-state index in [1.165, 1.54) is 6.33 Å². The highest BCUT2D eigenvalue weighted by molar-refractivity contribution is 6.17. The van der Waals surface area contributed by atoms with Crippen LogP contribution in [0, 0.1) is 0 Å². The molecule has 0 fully saturated rings. The summed E-state index contributed by atoms with van der Waals surface area (Å²) in [6.07, 6.45) is 3.07.